The van der Waals surface area contributed by atoms with E-state index in [0.717, 1.165) is 35.0 Å². The Morgan fingerprint density at radius 2 is 2.00 bits per heavy atom. The second kappa shape index (κ2) is 9.14. The molecule has 1 saturated heterocycles. The van der Waals surface area contributed by atoms with Crippen LogP contribution in [0.4, 0.5) is 0 Å². The minimum absolute atomic E-state index is 0.304. The molecule has 3 aromatic rings. The molecule has 1 aliphatic heterocycles. The Labute approximate surface area is 192 Å². The fourth-order valence-electron chi connectivity index (χ4n) is 3.70. The number of hydrogen-bond donors (Lipinski definition) is 0. The summed E-state index contributed by atoms with van der Waals surface area (Å²) in [7, 11) is 2.02. The topological polar surface area (TPSA) is 52.9 Å². The van der Waals surface area contributed by atoms with E-state index in [1.165, 1.54) is 0 Å². The van der Waals surface area contributed by atoms with Crippen molar-refractivity contribution in [3.63, 3.8) is 0 Å². The molecule has 6 nitrogen and oxygen atoms in total. The average molecular weight is 483 g/mol. The molecule has 9 heteroatoms. The molecule has 1 aliphatic rings. The van der Waals surface area contributed by atoms with Crippen LogP contribution in [0.5, 0.6) is 5.75 Å². The van der Waals surface area contributed by atoms with Gasteiger partial charge in [0.25, 0.3) is 0 Å². The molecule has 1 fully saturated rings. The Kier molecular flexibility index (Phi) is 6.68. The number of ether oxygens (including phenoxy) is 1. The first-order valence-electron chi connectivity index (χ1n) is 10.0. The van der Waals surface area contributed by atoms with Crippen LogP contribution in [0, 0.1) is 0 Å². The van der Waals surface area contributed by atoms with E-state index in [1.54, 1.807) is 23.6 Å². The van der Waals surface area contributed by atoms with Gasteiger partial charge in [-0.3, -0.25) is 13.4 Å². The first-order chi connectivity index (χ1) is 14.8. The van der Waals surface area contributed by atoms with Crippen molar-refractivity contribution >= 4 is 41.9 Å². The third-order valence-corrected chi connectivity index (χ3v) is 8.01. The van der Waals surface area contributed by atoms with Gasteiger partial charge >= 0.3 is 7.75 Å². The molecule has 2 atom stereocenters. The van der Waals surface area contributed by atoms with Gasteiger partial charge in [-0.2, -0.15) is 0 Å². The molecule has 0 amide bonds. The summed E-state index contributed by atoms with van der Waals surface area (Å²) in [4.78, 5) is 2.11. The molecule has 1 aromatic heterocycles. The van der Waals surface area contributed by atoms with Crippen molar-refractivity contribution < 1.29 is 18.3 Å². The summed E-state index contributed by atoms with van der Waals surface area (Å²) in [6, 6.07) is 11.1. The van der Waals surface area contributed by atoms with Crippen LogP contribution in [0.25, 0.3) is 10.9 Å². The summed E-state index contributed by atoms with van der Waals surface area (Å²) in [5.74, 6) is 0.677. The summed E-state index contributed by atoms with van der Waals surface area (Å²) < 4.78 is 32.9. The van der Waals surface area contributed by atoms with Crippen molar-refractivity contribution in [3.8, 4) is 5.75 Å². The van der Waals surface area contributed by atoms with E-state index < -0.39 is 13.9 Å². The highest BCUT2D eigenvalue weighted by Crippen LogP contribution is 2.59. The number of benzene rings is 2. The second-order valence-corrected chi connectivity index (χ2v) is 10.4. The normalized spacial score (nSPS) is 21.7. The summed E-state index contributed by atoms with van der Waals surface area (Å²) >= 11 is 12.2. The molecule has 0 radical (unpaired) electrons. The first-order valence-corrected chi connectivity index (χ1v) is 12.3. The predicted octanol–water partition coefficient (Wildman–Crippen LogP) is 6.20. The Balaban J connectivity index is 1.74. The third-order valence-electron chi connectivity index (χ3n) is 5.38. The van der Waals surface area contributed by atoms with E-state index in [0.29, 0.717) is 28.8 Å². The fourth-order valence-corrected chi connectivity index (χ4v) is 5.89. The zero-order valence-corrected chi connectivity index (χ0v) is 20.1. The van der Waals surface area contributed by atoms with Crippen LogP contribution in [0.15, 0.2) is 42.6 Å². The van der Waals surface area contributed by atoms with Gasteiger partial charge in [0.15, 0.2) is 0 Å². The van der Waals surface area contributed by atoms with Crippen molar-refractivity contribution in [2.24, 2.45) is 0 Å². The minimum atomic E-state index is -3.65. The minimum Gasteiger partial charge on any atom is -0.497 e. The van der Waals surface area contributed by atoms with Crippen LogP contribution >= 0.6 is 30.9 Å². The summed E-state index contributed by atoms with van der Waals surface area (Å²) in [6.07, 6.45) is 2.84. The molecular formula is C22H25Cl2N2O4P. The van der Waals surface area contributed by atoms with E-state index in [9.17, 15) is 4.57 Å². The van der Waals surface area contributed by atoms with E-state index in [1.807, 2.05) is 44.6 Å². The van der Waals surface area contributed by atoms with Gasteiger partial charge in [-0.15, -0.1) is 0 Å². The quantitative estimate of drug-likeness (QED) is 0.391. The van der Waals surface area contributed by atoms with E-state index in [-0.39, 0.29) is 0 Å². The van der Waals surface area contributed by atoms with E-state index in [2.05, 4.69) is 4.90 Å². The number of likely N-dealkylation sites (N-methyl/N-ethyl adjacent to an activating group) is 1. The summed E-state index contributed by atoms with van der Waals surface area (Å²) in [5, 5.41) is 1.91. The first kappa shape index (κ1) is 22.7. The average Bonchev–Trinajstić information content (AvgIpc) is 3.13. The molecule has 166 valence electrons. The van der Waals surface area contributed by atoms with Gasteiger partial charge in [0, 0.05) is 30.6 Å². The highest BCUT2D eigenvalue weighted by atomic mass is 35.5. The molecule has 0 bridgehead atoms. The van der Waals surface area contributed by atoms with Crippen molar-refractivity contribution in [1.29, 1.82) is 0 Å². The Hall–Kier alpha value is -1.53. The number of fused-ring (bicyclic) bond motifs is 1. The van der Waals surface area contributed by atoms with Gasteiger partial charge in [-0.05, 0) is 55.9 Å². The predicted molar refractivity (Wildman–Crippen MR) is 125 cm³/mol. The molecule has 0 aliphatic carbocycles. The number of aromatic nitrogens is 1. The Morgan fingerprint density at radius 1 is 1.19 bits per heavy atom. The zero-order chi connectivity index (χ0) is 22.2. The SMILES string of the molecule is COc1ccc2c(CCN(C)C)cn(P3(=O)OCCC(c4ccc(Cl)c(Cl)c4)O3)c2c1. The molecule has 0 N–H and O–H groups in total. The van der Waals surface area contributed by atoms with Crippen molar-refractivity contribution in [2.45, 2.75) is 18.9 Å². The van der Waals surface area contributed by atoms with Gasteiger partial charge < -0.3 is 9.64 Å². The molecule has 31 heavy (non-hydrogen) atoms. The van der Waals surface area contributed by atoms with Gasteiger partial charge in [0.05, 0.1) is 35.4 Å². The molecule has 2 unspecified atom stereocenters. The number of halogens is 2. The van der Waals surface area contributed by atoms with E-state index >= 15 is 0 Å². The highest BCUT2D eigenvalue weighted by molar-refractivity contribution is 7.52. The monoisotopic (exact) mass is 482 g/mol. The van der Waals surface area contributed by atoms with Crippen LogP contribution in [-0.4, -0.2) is 43.6 Å². The molecule has 2 aromatic carbocycles. The summed E-state index contributed by atoms with van der Waals surface area (Å²) in [6.45, 7) is 1.17. The zero-order valence-electron chi connectivity index (χ0n) is 17.7. The van der Waals surface area contributed by atoms with Gasteiger partial charge in [-0.1, -0.05) is 29.3 Å². The molecule has 0 saturated carbocycles. The van der Waals surface area contributed by atoms with Gasteiger partial charge in [-0.25, -0.2) is 4.57 Å². The lowest BCUT2D eigenvalue weighted by Crippen LogP contribution is -2.17. The molecule has 0 spiro atoms. The lowest BCUT2D eigenvalue weighted by Gasteiger charge is -2.30. The number of methoxy groups -OCH3 is 1. The number of hydrogen-bond acceptors (Lipinski definition) is 5. The van der Waals surface area contributed by atoms with Gasteiger partial charge in [0.2, 0.25) is 0 Å². The van der Waals surface area contributed by atoms with Crippen LogP contribution in [0.1, 0.15) is 23.7 Å². The van der Waals surface area contributed by atoms with Crippen LogP contribution in [0.3, 0.4) is 0 Å². The smallest absolute Gasteiger partial charge is 0.439 e. The second-order valence-electron chi connectivity index (χ2n) is 7.79. The maximum absolute atomic E-state index is 13.9. The summed E-state index contributed by atoms with van der Waals surface area (Å²) in [5.41, 5.74) is 2.65. The highest BCUT2D eigenvalue weighted by Gasteiger charge is 2.38. The number of rotatable bonds is 6. The Morgan fingerprint density at radius 3 is 2.71 bits per heavy atom. The standard InChI is InChI=1S/C22H25Cl2N2O4P/c1-25(2)10-8-16-14-26(21-13-17(28-3)5-6-18(16)21)31(27)29-11-9-22(30-31)15-4-7-19(23)20(24)12-15/h4-7,12-14,22H,8-11H2,1-3H3. The Bertz CT molecular complexity index is 1150. The van der Waals surface area contributed by atoms with Gasteiger partial charge in [0.1, 0.15) is 5.75 Å². The lowest BCUT2D eigenvalue weighted by atomic mass is 10.1. The molecular weight excluding hydrogens is 458 g/mol. The number of nitrogens with zero attached hydrogens (tertiary/aromatic N) is 2. The third kappa shape index (κ3) is 4.65. The van der Waals surface area contributed by atoms with Crippen LogP contribution in [-0.2, 0) is 20.0 Å². The van der Waals surface area contributed by atoms with Crippen LogP contribution < -0.4 is 4.74 Å². The van der Waals surface area contributed by atoms with E-state index in [4.69, 9.17) is 37.0 Å². The largest absolute Gasteiger partial charge is 0.497 e. The van der Waals surface area contributed by atoms with Crippen molar-refractivity contribution in [1.82, 2.24) is 9.24 Å². The maximum atomic E-state index is 13.9. The molecule has 4 rings (SSSR count). The molecule has 2 heterocycles. The van der Waals surface area contributed by atoms with Crippen molar-refractivity contribution in [3.05, 3.63) is 63.8 Å². The van der Waals surface area contributed by atoms with Crippen molar-refractivity contribution in [2.75, 3.05) is 34.4 Å². The lowest BCUT2D eigenvalue weighted by molar-refractivity contribution is 0.0771. The maximum Gasteiger partial charge on any atom is 0.439 e. The fraction of sp³-hybridized carbons (Fsp3) is 0.364. The van der Waals surface area contributed by atoms with Crippen LogP contribution in [0.2, 0.25) is 10.0 Å².